The van der Waals surface area contributed by atoms with E-state index in [1.54, 1.807) is 0 Å². The Morgan fingerprint density at radius 3 is 2.72 bits per heavy atom. The molecule has 2 aliphatic heterocycles. The van der Waals surface area contributed by atoms with Crippen LogP contribution in [-0.4, -0.2) is 49.3 Å². The van der Waals surface area contributed by atoms with Crippen molar-refractivity contribution in [3.63, 3.8) is 0 Å². The minimum atomic E-state index is 0.289. The van der Waals surface area contributed by atoms with Gasteiger partial charge in [0.25, 0.3) is 0 Å². The molecule has 3 fully saturated rings. The molecule has 0 amide bonds. The molecule has 3 nitrogen and oxygen atoms in total. The zero-order chi connectivity index (χ0) is 12.4. The van der Waals surface area contributed by atoms with Gasteiger partial charge in [-0.05, 0) is 45.7 Å². The van der Waals surface area contributed by atoms with Gasteiger partial charge in [-0.25, -0.2) is 0 Å². The van der Waals surface area contributed by atoms with Gasteiger partial charge in [0.05, 0.1) is 11.7 Å². The maximum Gasteiger partial charge on any atom is 0.0710 e. The lowest BCUT2D eigenvalue weighted by Gasteiger charge is -2.34. The highest BCUT2D eigenvalue weighted by molar-refractivity contribution is 4.92. The van der Waals surface area contributed by atoms with E-state index < -0.39 is 0 Å². The van der Waals surface area contributed by atoms with Crippen LogP contribution in [0, 0.1) is 0 Å². The minimum Gasteiger partial charge on any atom is -0.370 e. The molecular formula is C15H28N2O. The van der Waals surface area contributed by atoms with E-state index in [-0.39, 0.29) is 5.60 Å². The van der Waals surface area contributed by atoms with Crippen LogP contribution in [0.4, 0.5) is 0 Å². The lowest BCUT2D eigenvalue weighted by molar-refractivity contribution is -0.0722. The standard InChI is InChI=1S/C15H28N2O/c1-17(13-6-10-16-11-13)12-14-5-9-15(18-14)7-3-2-4-8-15/h13-14,16H,2-12H2,1H3. The summed E-state index contributed by atoms with van der Waals surface area (Å²) in [5, 5.41) is 3.45. The summed E-state index contributed by atoms with van der Waals surface area (Å²) in [4.78, 5) is 2.52. The Hall–Kier alpha value is -0.120. The number of hydrogen-bond donors (Lipinski definition) is 1. The molecule has 104 valence electrons. The molecule has 0 aromatic heterocycles. The van der Waals surface area contributed by atoms with E-state index >= 15 is 0 Å². The minimum absolute atomic E-state index is 0.289. The molecule has 1 N–H and O–H groups in total. The smallest absolute Gasteiger partial charge is 0.0710 e. The molecule has 3 heteroatoms. The molecule has 0 aromatic rings. The van der Waals surface area contributed by atoms with Crippen molar-refractivity contribution >= 4 is 0 Å². The van der Waals surface area contributed by atoms with Gasteiger partial charge in [-0.1, -0.05) is 19.3 Å². The average Bonchev–Trinajstić information content (AvgIpc) is 3.01. The third kappa shape index (κ3) is 2.73. The van der Waals surface area contributed by atoms with Gasteiger partial charge in [0.1, 0.15) is 0 Å². The fraction of sp³-hybridized carbons (Fsp3) is 1.00. The molecule has 0 radical (unpaired) electrons. The second-order valence-electron chi connectivity index (χ2n) is 6.61. The quantitative estimate of drug-likeness (QED) is 0.833. The molecule has 1 saturated carbocycles. The molecule has 3 rings (SSSR count). The van der Waals surface area contributed by atoms with E-state index in [1.165, 1.54) is 57.9 Å². The summed E-state index contributed by atoms with van der Waals surface area (Å²) in [6.45, 7) is 3.48. The monoisotopic (exact) mass is 252 g/mol. The van der Waals surface area contributed by atoms with Gasteiger partial charge in [-0.3, -0.25) is 4.90 Å². The summed E-state index contributed by atoms with van der Waals surface area (Å²) in [6, 6.07) is 0.733. The molecule has 2 atom stereocenters. The fourth-order valence-corrected chi connectivity index (χ4v) is 4.07. The van der Waals surface area contributed by atoms with E-state index in [4.69, 9.17) is 4.74 Å². The van der Waals surface area contributed by atoms with Gasteiger partial charge in [0, 0.05) is 19.1 Å². The maximum absolute atomic E-state index is 6.46. The normalized spacial score (nSPS) is 35.7. The first-order valence-corrected chi connectivity index (χ1v) is 7.86. The first-order chi connectivity index (χ1) is 8.77. The van der Waals surface area contributed by atoms with E-state index in [2.05, 4.69) is 17.3 Å². The van der Waals surface area contributed by atoms with E-state index in [1.807, 2.05) is 0 Å². The van der Waals surface area contributed by atoms with Crippen molar-refractivity contribution < 1.29 is 4.74 Å². The van der Waals surface area contributed by atoms with Crippen LogP contribution in [0.1, 0.15) is 51.4 Å². The predicted octanol–water partition coefficient (Wildman–Crippen LogP) is 2.16. The molecule has 1 aliphatic carbocycles. The van der Waals surface area contributed by atoms with E-state index in [0.717, 1.165) is 19.1 Å². The first-order valence-electron chi connectivity index (χ1n) is 7.86. The molecule has 18 heavy (non-hydrogen) atoms. The van der Waals surface area contributed by atoms with Crippen LogP contribution >= 0.6 is 0 Å². The molecule has 2 heterocycles. The van der Waals surface area contributed by atoms with Crippen LogP contribution in [0.15, 0.2) is 0 Å². The average molecular weight is 252 g/mol. The van der Waals surface area contributed by atoms with Crippen molar-refractivity contribution in [3.05, 3.63) is 0 Å². The highest BCUT2D eigenvalue weighted by atomic mass is 16.5. The Kier molecular flexibility index (Phi) is 3.92. The van der Waals surface area contributed by atoms with Crippen molar-refractivity contribution in [2.24, 2.45) is 0 Å². The van der Waals surface area contributed by atoms with Crippen LogP contribution in [0.5, 0.6) is 0 Å². The SMILES string of the molecule is CN(CC1CCC2(CCCCC2)O1)C1CCNC1. The van der Waals surface area contributed by atoms with Crippen LogP contribution < -0.4 is 5.32 Å². The summed E-state index contributed by atoms with van der Waals surface area (Å²) in [5.41, 5.74) is 0.289. The van der Waals surface area contributed by atoms with Crippen LogP contribution in [0.3, 0.4) is 0 Å². The van der Waals surface area contributed by atoms with E-state index in [9.17, 15) is 0 Å². The fourth-order valence-electron chi connectivity index (χ4n) is 4.07. The summed E-state index contributed by atoms with van der Waals surface area (Å²) in [5.74, 6) is 0. The summed E-state index contributed by atoms with van der Waals surface area (Å²) in [7, 11) is 2.27. The van der Waals surface area contributed by atoms with Crippen molar-refractivity contribution in [3.8, 4) is 0 Å². The highest BCUT2D eigenvalue weighted by Crippen LogP contribution is 2.42. The van der Waals surface area contributed by atoms with Gasteiger partial charge in [-0.15, -0.1) is 0 Å². The first kappa shape index (κ1) is 12.9. The Morgan fingerprint density at radius 2 is 2.00 bits per heavy atom. The molecule has 2 saturated heterocycles. The molecule has 0 bridgehead atoms. The zero-order valence-corrected chi connectivity index (χ0v) is 11.8. The largest absolute Gasteiger partial charge is 0.370 e. The molecule has 3 aliphatic rings. The number of likely N-dealkylation sites (N-methyl/N-ethyl adjacent to an activating group) is 1. The van der Waals surface area contributed by atoms with Crippen molar-refractivity contribution in [2.75, 3.05) is 26.7 Å². The lowest BCUT2D eigenvalue weighted by atomic mass is 9.83. The molecule has 1 spiro atoms. The number of ether oxygens (including phenoxy) is 1. The number of rotatable bonds is 3. The van der Waals surface area contributed by atoms with Crippen molar-refractivity contribution in [1.29, 1.82) is 0 Å². The zero-order valence-electron chi connectivity index (χ0n) is 11.8. The van der Waals surface area contributed by atoms with Gasteiger partial charge in [-0.2, -0.15) is 0 Å². The predicted molar refractivity (Wildman–Crippen MR) is 73.8 cm³/mol. The van der Waals surface area contributed by atoms with Crippen LogP contribution in [0.2, 0.25) is 0 Å². The number of nitrogens with one attached hydrogen (secondary N) is 1. The van der Waals surface area contributed by atoms with Crippen LogP contribution in [0.25, 0.3) is 0 Å². The Morgan fingerprint density at radius 1 is 1.17 bits per heavy atom. The number of nitrogens with zero attached hydrogens (tertiary/aromatic N) is 1. The topological polar surface area (TPSA) is 24.5 Å². The Bertz CT molecular complexity index is 270. The van der Waals surface area contributed by atoms with Crippen molar-refractivity contribution in [2.45, 2.75) is 69.1 Å². The second kappa shape index (κ2) is 5.48. The van der Waals surface area contributed by atoms with Gasteiger partial charge >= 0.3 is 0 Å². The van der Waals surface area contributed by atoms with Gasteiger partial charge in [0.15, 0.2) is 0 Å². The van der Waals surface area contributed by atoms with Crippen molar-refractivity contribution in [1.82, 2.24) is 10.2 Å². The van der Waals surface area contributed by atoms with Gasteiger partial charge < -0.3 is 10.1 Å². The summed E-state index contributed by atoms with van der Waals surface area (Å²) >= 11 is 0. The summed E-state index contributed by atoms with van der Waals surface area (Å²) in [6.07, 6.45) is 11.2. The highest BCUT2D eigenvalue weighted by Gasteiger charge is 2.41. The van der Waals surface area contributed by atoms with E-state index in [0.29, 0.717) is 6.10 Å². The second-order valence-corrected chi connectivity index (χ2v) is 6.61. The maximum atomic E-state index is 6.46. The molecule has 0 aromatic carbocycles. The Balaban J connectivity index is 1.49. The molecular weight excluding hydrogens is 224 g/mol. The molecule has 2 unspecified atom stereocenters. The summed E-state index contributed by atoms with van der Waals surface area (Å²) < 4.78 is 6.46. The third-order valence-electron chi connectivity index (χ3n) is 5.25. The third-order valence-corrected chi connectivity index (χ3v) is 5.25. The van der Waals surface area contributed by atoms with Crippen LogP contribution in [-0.2, 0) is 4.74 Å². The Labute approximate surface area is 111 Å². The lowest BCUT2D eigenvalue weighted by Crippen LogP contribution is -2.40. The number of hydrogen-bond acceptors (Lipinski definition) is 3. The van der Waals surface area contributed by atoms with Gasteiger partial charge in [0.2, 0.25) is 0 Å².